The summed E-state index contributed by atoms with van der Waals surface area (Å²) in [6.07, 6.45) is 1.32. The van der Waals surface area contributed by atoms with Crippen molar-refractivity contribution in [3.63, 3.8) is 0 Å². The minimum absolute atomic E-state index is 0.121. The molecular formula is C21H14BrFN2O3. The van der Waals surface area contributed by atoms with E-state index in [1.165, 1.54) is 24.4 Å². The van der Waals surface area contributed by atoms with E-state index < -0.39 is 17.7 Å². The van der Waals surface area contributed by atoms with Gasteiger partial charge in [-0.3, -0.25) is 4.79 Å². The molecule has 0 heterocycles. The van der Waals surface area contributed by atoms with Gasteiger partial charge in [0.05, 0.1) is 17.3 Å². The summed E-state index contributed by atoms with van der Waals surface area (Å²) >= 11 is 3.34. The number of nitrogens with one attached hydrogen (secondary N) is 1. The van der Waals surface area contributed by atoms with E-state index in [2.05, 4.69) is 26.5 Å². The van der Waals surface area contributed by atoms with Crippen molar-refractivity contribution >= 4 is 34.0 Å². The number of hydrazone groups is 1. The van der Waals surface area contributed by atoms with Gasteiger partial charge in [-0.2, -0.15) is 5.10 Å². The number of benzene rings is 3. The fourth-order valence-corrected chi connectivity index (χ4v) is 2.69. The molecule has 1 N–H and O–H groups in total. The van der Waals surface area contributed by atoms with E-state index in [0.29, 0.717) is 11.1 Å². The number of carbonyl (C=O) groups is 2. The summed E-state index contributed by atoms with van der Waals surface area (Å²) < 4.78 is 19.8. The van der Waals surface area contributed by atoms with Gasteiger partial charge in [0.25, 0.3) is 5.91 Å². The van der Waals surface area contributed by atoms with Crippen LogP contribution in [0.2, 0.25) is 0 Å². The number of halogens is 2. The number of rotatable bonds is 5. The number of nitrogens with zero attached hydrogens (tertiary/aromatic N) is 1. The van der Waals surface area contributed by atoms with Crippen LogP contribution in [-0.2, 0) is 0 Å². The predicted octanol–water partition coefficient (Wildman–Crippen LogP) is 4.57. The lowest BCUT2D eigenvalue weighted by atomic mass is 10.2. The fourth-order valence-electron chi connectivity index (χ4n) is 2.31. The van der Waals surface area contributed by atoms with E-state index in [4.69, 9.17) is 4.74 Å². The summed E-state index contributed by atoms with van der Waals surface area (Å²) in [4.78, 5) is 24.3. The van der Waals surface area contributed by atoms with E-state index in [9.17, 15) is 14.0 Å². The highest BCUT2D eigenvalue weighted by Gasteiger charge is 2.12. The number of ether oxygens (including phenoxy) is 1. The molecule has 5 nitrogen and oxygen atoms in total. The van der Waals surface area contributed by atoms with Crippen LogP contribution in [-0.4, -0.2) is 18.1 Å². The van der Waals surface area contributed by atoms with Crippen LogP contribution >= 0.6 is 15.9 Å². The molecule has 1 amide bonds. The first-order valence-electron chi connectivity index (χ1n) is 8.19. The first kappa shape index (κ1) is 19.4. The number of hydrogen-bond donors (Lipinski definition) is 1. The highest BCUT2D eigenvalue weighted by Crippen LogP contribution is 2.23. The van der Waals surface area contributed by atoms with Crippen LogP contribution in [0.4, 0.5) is 4.39 Å². The average Bonchev–Trinajstić information content (AvgIpc) is 2.70. The summed E-state index contributed by atoms with van der Waals surface area (Å²) in [5.41, 5.74) is 2.99. The zero-order chi connectivity index (χ0) is 19.9. The molecule has 3 aromatic carbocycles. The van der Waals surface area contributed by atoms with Crippen molar-refractivity contribution in [2.24, 2.45) is 5.10 Å². The van der Waals surface area contributed by atoms with E-state index in [0.717, 1.165) is 4.47 Å². The van der Waals surface area contributed by atoms with Crippen LogP contribution in [0.5, 0.6) is 5.75 Å². The smallest absolute Gasteiger partial charge is 0.343 e. The minimum atomic E-state index is -0.688. The lowest BCUT2D eigenvalue weighted by Gasteiger charge is -2.08. The molecule has 3 aromatic rings. The first-order valence-corrected chi connectivity index (χ1v) is 8.98. The quantitative estimate of drug-likeness (QED) is 0.273. The van der Waals surface area contributed by atoms with Gasteiger partial charge < -0.3 is 4.74 Å². The van der Waals surface area contributed by atoms with E-state index in [1.54, 1.807) is 54.6 Å². The summed E-state index contributed by atoms with van der Waals surface area (Å²) in [6, 6.07) is 19.1. The lowest BCUT2D eigenvalue weighted by molar-refractivity contribution is 0.0734. The van der Waals surface area contributed by atoms with Crippen LogP contribution in [0.25, 0.3) is 0 Å². The molecule has 28 heavy (non-hydrogen) atoms. The minimum Gasteiger partial charge on any atom is -0.422 e. The second-order valence-electron chi connectivity index (χ2n) is 5.62. The molecule has 7 heteroatoms. The monoisotopic (exact) mass is 440 g/mol. The molecule has 0 bridgehead atoms. The molecule has 0 aliphatic carbocycles. The third kappa shape index (κ3) is 4.89. The number of amides is 1. The zero-order valence-corrected chi connectivity index (χ0v) is 16.0. The Morgan fingerprint density at radius 2 is 1.71 bits per heavy atom. The van der Waals surface area contributed by atoms with Gasteiger partial charge in [0.1, 0.15) is 11.6 Å². The third-order valence-corrected chi connectivity index (χ3v) is 4.17. The van der Waals surface area contributed by atoms with Crippen molar-refractivity contribution in [1.82, 2.24) is 5.43 Å². The van der Waals surface area contributed by atoms with E-state index in [1.807, 2.05) is 0 Å². The normalized spacial score (nSPS) is 10.6. The van der Waals surface area contributed by atoms with Crippen LogP contribution in [0.15, 0.2) is 82.4 Å². The average molecular weight is 441 g/mol. The molecule has 0 aliphatic heterocycles. The predicted molar refractivity (Wildman–Crippen MR) is 107 cm³/mol. The Balaban J connectivity index is 1.75. The van der Waals surface area contributed by atoms with Crippen molar-refractivity contribution in [2.75, 3.05) is 0 Å². The summed E-state index contributed by atoms with van der Waals surface area (Å²) in [7, 11) is 0. The van der Waals surface area contributed by atoms with Crippen LogP contribution in [0.3, 0.4) is 0 Å². The van der Waals surface area contributed by atoms with Gasteiger partial charge in [0.15, 0.2) is 0 Å². The molecule has 0 radical (unpaired) electrons. The molecule has 0 fully saturated rings. The van der Waals surface area contributed by atoms with Crippen molar-refractivity contribution in [2.45, 2.75) is 0 Å². The Kier molecular flexibility index (Phi) is 6.29. The molecule has 3 rings (SSSR count). The molecule has 0 aromatic heterocycles. The van der Waals surface area contributed by atoms with Gasteiger partial charge in [-0.25, -0.2) is 14.6 Å². The maximum absolute atomic E-state index is 13.6. The lowest BCUT2D eigenvalue weighted by Crippen LogP contribution is -2.19. The van der Waals surface area contributed by atoms with Gasteiger partial charge in [0, 0.05) is 10.0 Å². The van der Waals surface area contributed by atoms with Gasteiger partial charge >= 0.3 is 5.97 Å². The second kappa shape index (κ2) is 9.05. The molecule has 0 spiro atoms. The zero-order valence-electron chi connectivity index (χ0n) is 14.4. The molecule has 140 valence electrons. The standard InChI is InChI=1S/C21H14BrFN2O3/c22-16-10-11-19(28-21(27)14-6-2-1-3-7-14)15(12-16)13-24-25-20(26)17-8-4-5-9-18(17)23/h1-13H,(H,25,26). The Bertz CT molecular complexity index is 1040. The Hall–Kier alpha value is -3.32. The molecule has 0 unspecified atom stereocenters. The number of hydrogen-bond acceptors (Lipinski definition) is 4. The maximum atomic E-state index is 13.6. The van der Waals surface area contributed by atoms with Crippen LogP contribution < -0.4 is 10.2 Å². The van der Waals surface area contributed by atoms with Gasteiger partial charge in [0.2, 0.25) is 0 Å². The van der Waals surface area contributed by atoms with Crippen LogP contribution in [0.1, 0.15) is 26.3 Å². The summed E-state index contributed by atoms with van der Waals surface area (Å²) in [5.74, 6) is -1.59. The van der Waals surface area contributed by atoms with E-state index in [-0.39, 0.29) is 11.3 Å². The van der Waals surface area contributed by atoms with Gasteiger partial charge in [-0.05, 0) is 42.5 Å². The summed E-state index contributed by atoms with van der Waals surface area (Å²) in [5, 5.41) is 3.84. The molecule has 0 saturated heterocycles. The van der Waals surface area contributed by atoms with Gasteiger partial charge in [-0.15, -0.1) is 0 Å². The Morgan fingerprint density at radius 1 is 1.00 bits per heavy atom. The van der Waals surface area contributed by atoms with Crippen molar-refractivity contribution in [1.29, 1.82) is 0 Å². The largest absolute Gasteiger partial charge is 0.422 e. The Labute approximate surface area is 169 Å². The van der Waals surface area contributed by atoms with Crippen molar-refractivity contribution in [3.8, 4) is 5.75 Å². The third-order valence-electron chi connectivity index (χ3n) is 3.67. The highest BCUT2D eigenvalue weighted by molar-refractivity contribution is 9.10. The number of carbonyl (C=O) groups excluding carboxylic acids is 2. The fraction of sp³-hybridized carbons (Fsp3) is 0. The summed E-state index contributed by atoms with van der Waals surface area (Å²) in [6.45, 7) is 0. The molecule has 0 aliphatic rings. The van der Waals surface area contributed by atoms with E-state index >= 15 is 0 Å². The topological polar surface area (TPSA) is 67.8 Å². The first-order chi connectivity index (χ1) is 13.5. The highest BCUT2D eigenvalue weighted by atomic mass is 79.9. The number of esters is 1. The molecule has 0 atom stereocenters. The molecular weight excluding hydrogens is 427 g/mol. The van der Waals surface area contributed by atoms with Crippen LogP contribution in [0, 0.1) is 5.82 Å². The Morgan fingerprint density at radius 3 is 2.46 bits per heavy atom. The molecule has 0 saturated carbocycles. The van der Waals surface area contributed by atoms with Crippen molar-refractivity contribution < 1.29 is 18.7 Å². The van der Waals surface area contributed by atoms with Gasteiger partial charge in [-0.1, -0.05) is 46.3 Å². The maximum Gasteiger partial charge on any atom is 0.343 e. The van der Waals surface area contributed by atoms with Crippen molar-refractivity contribution in [3.05, 3.63) is 99.8 Å². The second-order valence-corrected chi connectivity index (χ2v) is 6.53. The SMILES string of the molecule is O=C(Oc1ccc(Br)cc1C=NNC(=O)c1ccccc1F)c1ccccc1.